The summed E-state index contributed by atoms with van der Waals surface area (Å²) in [4.78, 5) is 35.2. The average Bonchev–Trinajstić information content (AvgIpc) is 2.98. The minimum Gasteiger partial charge on any atom is -0.312 e. The van der Waals surface area contributed by atoms with Crippen LogP contribution >= 0.6 is 0 Å². The van der Waals surface area contributed by atoms with Crippen LogP contribution in [0.4, 0.5) is 28.0 Å². The van der Waals surface area contributed by atoms with E-state index in [0.29, 0.717) is 5.56 Å². The standard InChI is InChI=1S/C20H20F4N4O2/c1-12(2)17-11-27(15-3-4-18(26-9-15)20(22,23)24)19(30)28(17)10-16(29)6-13-5-14(21)8-25-7-13/h3-5,7-9,12,17H,6,10-11H2,1-2H3/t17-/m1/s1. The highest BCUT2D eigenvalue weighted by molar-refractivity contribution is 5.97. The highest BCUT2D eigenvalue weighted by atomic mass is 19.4. The highest BCUT2D eigenvalue weighted by Gasteiger charge is 2.41. The lowest BCUT2D eigenvalue weighted by Gasteiger charge is -2.25. The minimum absolute atomic E-state index is 0.00462. The molecule has 0 aliphatic carbocycles. The van der Waals surface area contributed by atoms with Gasteiger partial charge >= 0.3 is 12.2 Å². The van der Waals surface area contributed by atoms with Gasteiger partial charge in [0.05, 0.1) is 30.7 Å². The van der Waals surface area contributed by atoms with Crippen molar-refractivity contribution in [1.29, 1.82) is 0 Å². The molecule has 0 spiro atoms. The van der Waals surface area contributed by atoms with Crippen LogP contribution in [-0.4, -0.2) is 45.8 Å². The number of aromatic nitrogens is 2. The summed E-state index contributed by atoms with van der Waals surface area (Å²) in [7, 11) is 0. The second-order valence-corrected chi connectivity index (χ2v) is 7.46. The number of nitrogens with zero attached hydrogens (tertiary/aromatic N) is 4. The molecule has 1 atom stereocenters. The first kappa shape index (κ1) is 21.7. The Labute approximate surface area is 170 Å². The molecule has 0 N–H and O–H groups in total. The van der Waals surface area contributed by atoms with E-state index in [9.17, 15) is 27.2 Å². The molecule has 0 saturated carbocycles. The molecule has 30 heavy (non-hydrogen) atoms. The second-order valence-electron chi connectivity index (χ2n) is 7.46. The smallest absolute Gasteiger partial charge is 0.312 e. The van der Waals surface area contributed by atoms with E-state index < -0.39 is 23.7 Å². The molecule has 2 aromatic rings. The van der Waals surface area contributed by atoms with Crippen LogP contribution in [0.2, 0.25) is 0 Å². The quantitative estimate of drug-likeness (QED) is 0.663. The zero-order valence-corrected chi connectivity index (χ0v) is 16.4. The van der Waals surface area contributed by atoms with E-state index in [-0.39, 0.29) is 42.9 Å². The zero-order chi connectivity index (χ0) is 22.1. The molecule has 0 unspecified atom stereocenters. The third-order valence-electron chi connectivity index (χ3n) is 4.88. The third kappa shape index (κ3) is 4.74. The van der Waals surface area contributed by atoms with Crippen molar-refractivity contribution in [2.24, 2.45) is 5.92 Å². The van der Waals surface area contributed by atoms with Gasteiger partial charge in [0, 0.05) is 19.2 Å². The lowest BCUT2D eigenvalue weighted by molar-refractivity contribution is -0.141. The molecule has 1 fully saturated rings. The maximum absolute atomic E-state index is 13.3. The van der Waals surface area contributed by atoms with Crippen molar-refractivity contribution >= 4 is 17.5 Å². The number of rotatable bonds is 6. The van der Waals surface area contributed by atoms with Crippen molar-refractivity contribution in [1.82, 2.24) is 14.9 Å². The number of anilines is 1. The van der Waals surface area contributed by atoms with Gasteiger partial charge in [0.25, 0.3) is 0 Å². The summed E-state index contributed by atoms with van der Waals surface area (Å²) < 4.78 is 51.5. The fraction of sp³-hybridized carbons (Fsp3) is 0.400. The first-order valence-electron chi connectivity index (χ1n) is 9.28. The molecule has 0 bridgehead atoms. The fourth-order valence-corrected chi connectivity index (χ4v) is 3.37. The van der Waals surface area contributed by atoms with Gasteiger partial charge < -0.3 is 4.90 Å². The molecule has 3 heterocycles. The lowest BCUT2D eigenvalue weighted by Crippen LogP contribution is -2.41. The van der Waals surface area contributed by atoms with Gasteiger partial charge in [-0.05, 0) is 29.7 Å². The fourth-order valence-electron chi connectivity index (χ4n) is 3.37. The van der Waals surface area contributed by atoms with Crippen molar-refractivity contribution in [2.45, 2.75) is 32.5 Å². The largest absolute Gasteiger partial charge is 0.433 e. The van der Waals surface area contributed by atoms with Crippen LogP contribution in [0.25, 0.3) is 0 Å². The molecule has 0 aromatic carbocycles. The lowest BCUT2D eigenvalue weighted by atomic mass is 10.0. The molecular formula is C20H20F4N4O2. The summed E-state index contributed by atoms with van der Waals surface area (Å²) in [5, 5.41) is 0. The van der Waals surface area contributed by atoms with Gasteiger partial charge in [-0.15, -0.1) is 0 Å². The molecular weight excluding hydrogens is 404 g/mol. The predicted molar refractivity (Wildman–Crippen MR) is 100 cm³/mol. The van der Waals surface area contributed by atoms with E-state index in [2.05, 4.69) is 9.97 Å². The molecule has 2 aromatic heterocycles. The van der Waals surface area contributed by atoms with Gasteiger partial charge in [-0.25, -0.2) is 14.2 Å². The second kappa shape index (κ2) is 8.37. The van der Waals surface area contributed by atoms with Gasteiger partial charge in [0.1, 0.15) is 11.5 Å². The molecule has 160 valence electrons. The molecule has 3 rings (SSSR count). The van der Waals surface area contributed by atoms with Crippen molar-refractivity contribution in [2.75, 3.05) is 18.0 Å². The first-order valence-corrected chi connectivity index (χ1v) is 9.28. The number of pyridine rings is 2. The number of ketones is 1. The van der Waals surface area contributed by atoms with Crippen molar-refractivity contribution in [3.05, 3.63) is 53.9 Å². The van der Waals surface area contributed by atoms with Gasteiger partial charge in [0.15, 0.2) is 5.78 Å². The highest BCUT2D eigenvalue weighted by Crippen LogP contribution is 2.31. The molecule has 6 nitrogen and oxygen atoms in total. The van der Waals surface area contributed by atoms with E-state index in [4.69, 9.17) is 0 Å². The Bertz CT molecular complexity index is 931. The summed E-state index contributed by atoms with van der Waals surface area (Å²) in [6.07, 6.45) is -1.24. The van der Waals surface area contributed by atoms with E-state index in [1.807, 2.05) is 13.8 Å². The van der Waals surface area contributed by atoms with Crippen LogP contribution in [0, 0.1) is 11.7 Å². The number of carbonyl (C=O) groups is 2. The van der Waals surface area contributed by atoms with E-state index in [0.717, 1.165) is 18.5 Å². The maximum atomic E-state index is 13.3. The van der Waals surface area contributed by atoms with Crippen LogP contribution < -0.4 is 4.90 Å². The van der Waals surface area contributed by atoms with Crippen molar-refractivity contribution in [3.8, 4) is 0 Å². The normalized spacial score (nSPS) is 17.2. The Hall–Kier alpha value is -3.04. The van der Waals surface area contributed by atoms with E-state index >= 15 is 0 Å². The van der Waals surface area contributed by atoms with Gasteiger partial charge in [-0.2, -0.15) is 13.2 Å². The SMILES string of the molecule is CC(C)[C@H]1CN(c2ccc(C(F)(F)F)nc2)C(=O)N1CC(=O)Cc1cncc(F)c1. The Morgan fingerprint density at radius 1 is 1.23 bits per heavy atom. The summed E-state index contributed by atoms with van der Waals surface area (Å²) >= 11 is 0. The van der Waals surface area contributed by atoms with Crippen LogP contribution in [0.3, 0.4) is 0 Å². The summed E-state index contributed by atoms with van der Waals surface area (Å²) in [6.45, 7) is 3.81. The van der Waals surface area contributed by atoms with Gasteiger partial charge in [-0.1, -0.05) is 13.8 Å². The van der Waals surface area contributed by atoms with Crippen LogP contribution in [0.5, 0.6) is 0 Å². The number of alkyl halides is 3. The van der Waals surface area contributed by atoms with Crippen molar-refractivity contribution in [3.63, 3.8) is 0 Å². The average molecular weight is 424 g/mol. The number of hydrogen-bond acceptors (Lipinski definition) is 4. The zero-order valence-electron chi connectivity index (χ0n) is 16.4. The maximum Gasteiger partial charge on any atom is 0.433 e. The van der Waals surface area contributed by atoms with Gasteiger partial charge in [-0.3, -0.25) is 14.7 Å². The first-order chi connectivity index (χ1) is 14.1. The van der Waals surface area contributed by atoms with E-state index in [1.165, 1.54) is 28.1 Å². The summed E-state index contributed by atoms with van der Waals surface area (Å²) in [6, 6.07) is 2.42. The number of Topliss-reactive ketones (excluding diaryl/α,β-unsaturated/α-hetero) is 1. The Morgan fingerprint density at radius 2 is 1.97 bits per heavy atom. The van der Waals surface area contributed by atoms with Crippen LogP contribution in [0.15, 0.2) is 36.8 Å². The Balaban J connectivity index is 1.75. The number of hydrogen-bond donors (Lipinski definition) is 0. The van der Waals surface area contributed by atoms with Crippen molar-refractivity contribution < 1.29 is 27.2 Å². The number of halogens is 4. The molecule has 2 amide bonds. The molecule has 10 heteroatoms. The molecule has 1 aliphatic rings. The van der Waals surface area contributed by atoms with Crippen LogP contribution in [-0.2, 0) is 17.4 Å². The number of carbonyl (C=O) groups excluding carboxylic acids is 2. The van der Waals surface area contributed by atoms with Gasteiger partial charge in [0.2, 0.25) is 0 Å². The molecule has 1 aliphatic heterocycles. The minimum atomic E-state index is -4.57. The molecule has 1 saturated heterocycles. The summed E-state index contributed by atoms with van der Waals surface area (Å²) in [5.41, 5.74) is -0.423. The third-order valence-corrected chi connectivity index (χ3v) is 4.88. The monoisotopic (exact) mass is 424 g/mol. The molecule has 0 radical (unpaired) electrons. The predicted octanol–water partition coefficient (Wildman–Crippen LogP) is 3.71. The Morgan fingerprint density at radius 3 is 2.53 bits per heavy atom. The number of amides is 2. The van der Waals surface area contributed by atoms with Crippen LogP contribution in [0.1, 0.15) is 25.1 Å². The topological polar surface area (TPSA) is 66.4 Å². The number of urea groups is 1. The van der Waals surface area contributed by atoms with E-state index in [1.54, 1.807) is 0 Å². The summed E-state index contributed by atoms with van der Waals surface area (Å²) in [5.74, 6) is -0.850. The Kier molecular flexibility index (Phi) is 6.04.